The van der Waals surface area contributed by atoms with Gasteiger partial charge in [-0.15, -0.1) is 0 Å². The molecule has 0 amide bonds. The number of benzene rings is 2. The van der Waals surface area contributed by atoms with Gasteiger partial charge in [0.15, 0.2) is 0 Å². The minimum Gasteiger partial charge on any atom is -0.495 e. The Morgan fingerprint density at radius 1 is 1.11 bits per heavy atom. The SMILES string of the molecule is COc1ccc(C)cc1NCC#Cc1ccccc1. The molecule has 2 aromatic carbocycles. The first-order chi connectivity index (χ1) is 9.29. The molecule has 0 fully saturated rings. The fourth-order valence-electron chi connectivity index (χ4n) is 1.77. The number of methoxy groups -OCH3 is 1. The topological polar surface area (TPSA) is 21.3 Å². The van der Waals surface area contributed by atoms with Gasteiger partial charge in [-0.25, -0.2) is 0 Å². The summed E-state index contributed by atoms with van der Waals surface area (Å²) in [6.07, 6.45) is 0. The van der Waals surface area contributed by atoms with Gasteiger partial charge in [0.1, 0.15) is 5.75 Å². The Bertz CT molecular complexity index is 594. The monoisotopic (exact) mass is 251 g/mol. The Morgan fingerprint density at radius 3 is 2.63 bits per heavy atom. The van der Waals surface area contributed by atoms with Crippen molar-refractivity contribution in [1.29, 1.82) is 0 Å². The van der Waals surface area contributed by atoms with Gasteiger partial charge in [0.25, 0.3) is 0 Å². The Morgan fingerprint density at radius 2 is 1.89 bits per heavy atom. The second kappa shape index (κ2) is 6.51. The molecule has 0 aliphatic heterocycles. The van der Waals surface area contributed by atoms with E-state index in [-0.39, 0.29) is 0 Å². The molecule has 0 unspecified atom stereocenters. The van der Waals surface area contributed by atoms with Crippen molar-refractivity contribution in [2.24, 2.45) is 0 Å². The van der Waals surface area contributed by atoms with Crippen LogP contribution in [-0.2, 0) is 0 Å². The van der Waals surface area contributed by atoms with E-state index in [0.29, 0.717) is 6.54 Å². The molecule has 1 N–H and O–H groups in total. The van der Waals surface area contributed by atoms with Crippen molar-refractivity contribution in [3.05, 3.63) is 59.7 Å². The molecule has 96 valence electrons. The van der Waals surface area contributed by atoms with Crippen LogP contribution in [-0.4, -0.2) is 13.7 Å². The van der Waals surface area contributed by atoms with E-state index >= 15 is 0 Å². The van der Waals surface area contributed by atoms with E-state index in [0.717, 1.165) is 17.0 Å². The third kappa shape index (κ3) is 3.79. The summed E-state index contributed by atoms with van der Waals surface area (Å²) in [6.45, 7) is 2.65. The van der Waals surface area contributed by atoms with Gasteiger partial charge < -0.3 is 10.1 Å². The summed E-state index contributed by atoms with van der Waals surface area (Å²) in [4.78, 5) is 0. The average Bonchev–Trinajstić information content (AvgIpc) is 2.45. The molecule has 0 aliphatic carbocycles. The van der Waals surface area contributed by atoms with E-state index < -0.39 is 0 Å². The van der Waals surface area contributed by atoms with Gasteiger partial charge >= 0.3 is 0 Å². The van der Waals surface area contributed by atoms with Gasteiger partial charge in [-0.05, 0) is 36.8 Å². The number of ether oxygens (including phenoxy) is 1. The molecule has 0 atom stereocenters. The lowest BCUT2D eigenvalue weighted by atomic mass is 10.2. The van der Waals surface area contributed by atoms with E-state index in [2.05, 4.69) is 30.1 Å². The van der Waals surface area contributed by atoms with Crippen LogP contribution in [0.4, 0.5) is 5.69 Å². The Hall–Kier alpha value is -2.40. The molecule has 0 aliphatic rings. The van der Waals surface area contributed by atoms with Crippen molar-refractivity contribution in [2.75, 3.05) is 19.0 Å². The second-order valence-corrected chi connectivity index (χ2v) is 4.23. The molecular formula is C17H17NO. The second-order valence-electron chi connectivity index (χ2n) is 4.23. The third-order valence-electron chi connectivity index (χ3n) is 2.73. The standard InChI is InChI=1S/C17H17NO/c1-14-10-11-17(19-2)16(13-14)18-12-6-9-15-7-4-3-5-8-15/h3-5,7-8,10-11,13,18H,12H2,1-2H3. The zero-order valence-electron chi connectivity index (χ0n) is 11.2. The molecule has 0 aromatic heterocycles. The quantitative estimate of drug-likeness (QED) is 0.843. The highest BCUT2D eigenvalue weighted by molar-refractivity contribution is 5.58. The van der Waals surface area contributed by atoms with Crippen LogP contribution in [0.15, 0.2) is 48.5 Å². The largest absolute Gasteiger partial charge is 0.495 e. The van der Waals surface area contributed by atoms with Crippen molar-refractivity contribution in [3.63, 3.8) is 0 Å². The average molecular weight is 251 g/mol. The normalized spacial score (nSPS) is 9.37. The Kier molecular flexibility index (Phi) is 4.47. The summed E-state index contributed by atoms with van der Waals surface area (Å²) in [5.41, 5.74) is 3.20. The highest BCUT2D eigenvalue weighted by Crippen LogP contribution is 2.24. The molecule has 0 spiro atoms. The molecule has 0 saturated carbocycles. The highest BCUT2D eigenvalue weighted by Gasteiger charge is 2.00. The van der Waals surface area contributed by atoms with E-state index in [9.17, 15) is 0 Å². The maximum atomic E-state index is 5.30. The Balaban J connectivity index is 2.00. The minimum absolute atomic E-state index is 0.592. The minimum atomic E-state index is 0.592. The van der Waals surface area contributed by atoms with Crippen molar-refractivity contribution in [3.8, 4) is 17.6 Å². The summed E-state index contributed by atoms with van der Waals surface area (Å²) < 4.78 is 5.30. The van der Waals surface area contributed by atoms with Crippen molar-refractivity contribution in [2.45, 2.75) is 6.92 Å². The lowest BCUT2D eigenvalue weighted by Gasteiger charge is -2.09. The molecule has 0 saturated heterocycles. The summed E-state index contributed by atoms with van der Waals surface area (Å²) in [5.74, 6) is 7.06. The van der Waals surface area contributed by atoms with Crippen LogP contribution in [0, 0.1) is 18.8 Å². The number of aryl methyl sites for hydroxylation is 1. The first kappa shape index (κ1) is 13.0. The smallest absolute Gasteiger partial charge is 0.141 e. The van der Waals surface area contributed by atoms with Gasteiger partial charge in [-0.3, -0.25) is 0 Å². The number of hydrogen-bond acceptors (Lipinski definition) is 2. The van der Waals surface area contributed by atoms with Gasteiger partial charge in [-0.2, -0.15) is 0 Å². The number of hydrogen-bond donors (Lipinski definition) is 1. The molecule has 2 heteroatoms. The molecule has 19 heavy (non-hydrogen) atoms. The van der Waals surface area contributed by atoms with Crippen molar-refractivity contribution < 1.29 is 4.74 Å². The Labute approximate surface area is 114 Å². The van der Waals surface area contributed by atoms with Gasteiger partial charge in [0.05, 0.1) is 19.3 Å². The van der Waals surface area contributed by atoms with Gasteiger partial charge in [0.2, 0.25) is 0 Å². The summed E-state index contributed by atoms with van der Waals surface area (Å²) in [6, 6.07) is 16.0. The van der Waals surface area contributed by atoms with Crippen LogP contribution in [0.25, 0.3) is 0 Å². The zero-order chi connectivity index (χ0) is 13.5. The maximum absolute atomic E-state index is 5.30. The van der Waals surface area contributed by atoms with Crippen LogP contribution in [0.1, 0.15) is 11.1 Å². The summed E-state index contributed by atoms with van der Waals surface area (Å²) >= 11 is 0. The highest BCUT2D eigenvalue weighted by atomic mass is 16.5. The van der Waals surface area contributed by atoms with E-state index in [1.54, 1.807) is 7.11 Å². The number of anilines is 1. The lowest BCUT2D eigenvalue weighted by Crippen LogP contribution is -2.01. The van der Waals surface area contributed by atoms with Crippen LogP contribution >= 0.6 is 0 Å². The number of rotatable bonds is 3. The zero-order valence-corrected chi connectivity index (χ0v) is 11.2. The summed E-state index contributed by atoms with van der Waals surface area (Å²) in [7, 11) is 1.67. The van der Waals surface area contributed by atoms with E-state index in [1.165, 1.54) is 5.56 Å². The van der Waals surface area contributed by atoms with Crippen LogP contribution in [0.5, 0.6) is 5.75 Å². The predicted octanol–water partition coefficient (Wildman–Crippen LogP) is 3.47. The van der Waals surface area contributed by atoms with Gasteiger partial charge in [0, 0.05) is 5.56 Å². The molecular weight excluding hydrogens is 234 g/mol. The predicted molar refractivity (Wildman–Crippen MR) is 79.5 cm³/mol. The van der Waals surface area contributed by atoms with Crippen LogP contribution in [0.3, 0.4) is 0 Å². The molecule has 0 radical (unpaired) electrons. The van der Waals surface area contributed by atoms with Gasteiger partial charge in [-0.1, -0.05) is 36.1 Å². The molecule has 2 nitrogen and oxygen atoms in total. The molecule has 2 rings (SSSR count). The first-order valence-corrected chi connectivity index (χ1v) is 6.22. The fraction of sp³-hybridized carbons (Fsp3) is 0.176. The van der Waals surface area contributed by atoms with Crippen molar-refractivity contribution >= 4 is 5.69 Å². The summed E-state index contributed by atoms with van der Waals surface area (Å²) in [5, 5.41) is 3.28. The fourth-order valence-corrected chi connectivity index (χ4v) is 1.77. The third-order valence-corrected chi connectivity index (χ3v) is 2.73. The maximum Gasteiger partial charge on any atom is 0.141 e. The molecule has 2 aromatic rings. The lowest BCUT2D eigenvalue weighted by molar-refractivity contribution is 0.416. The molecule has 0 bridgehead atoms. The molecule has 0 heterocycles. The first-order valence-electron chi connectivity index (χ1n) is 6.22. The van der Waals surface area contributed by atoms with Crippen molar-refractivity contribution in [1.82, 2.24) is 0 Å². The van der Waals surface area contributed by atoms with E-state index in [4.69, 9.17) is 4.74 Å². The van der Waals surface area contributed by atoms with Crippen LogP contribution < -0.4 is 10.1 Å². The number of nitrogens with one attached hydrogen (secondary N) is 1. The van der Waals surface area contributed by atoms with E-state index in [1.807, 2.05) is 42.5 Å². The van der Waals surface area contributed by atoms with Crippen LogP contribution in [0.2, 0.25) is 0 Å².